The van der Waals surface area contributed by atoms with E-state index in [9.17, 15) is 4.79 Å². The lowest BCUT2D eigenvalue weighted by molar-refractivity contribution is -0.380. The number of ether oxygens (including phenoxy) is 3. The molecule has 178 valence electrons. The van der Waals surface area contributed by atoms with E-state index < -0.39 is 11.8 Å². The lowest BCUT2D eigenvalue weighted by atomic mass is 9.78. The number of aliphatic carboxylic acids is 1. The summed E-state index contributed by atoms with van der Waals surface area (Å²) in [6.07, 6.45) is 14.3. The molecule has 2 unspecified atom stereocenters. The van der Waals surface area contributed by atoms with Gasteiger partial charge in [-0.15, -0.1) is 0 Å². The molecule has 5 heteroatoms. The van der Waals surface area contributed by atoms with E-state index in [0.717, 1.165) is 25.7 Å². The maximum Gasteiger partial charge on any atom is 0.303 e. The fraction of sp³-hybridized carbons (Fsp3) is 0.960. The summed E-state index contributed by atoms with van der Waals surface area (Å²) >= 11 is 0. The van der Waals surface area contributed by atoms with Crippen LogP contribution in [-0.4, -0.2) is 30.4 Å². The first-order chi connectivity index (χ1) is 14.2. The molecule has 1 fully saturated rings. The molecule has 30 heavy (non-hydrogen) atoms. The Bertz CT molecular complexity index is 456. The topological polar surface area (TPSA) is 65.0 Å². The zero-order valence-corrected chi connectivity index (χ0v) is 20.3. The van der Waals surface area contributed by atoms with Crippen molar-refractivity contribution < 1.29 is 24.1 Å². The SMILES string of the molecule is CCCCC(CCCCCCCC(C)(C)CC(C)CC(=O)O)C1(CC)OCOCO1. The predicted molar refractivity (Wildman–Crippen MR) is 121 cm³/mol. The molecule has 0 aromatic heterocycles. The summed E-state index contributed by atoms with van der Waals surface area (Å²) in [7, 11) is 0. The highest BCUT2D eigenvalue weighted by Gasteiger charge is 2.40. The van der Waals surface area contributed by atoms with E-state index in [0.29, 0.717) is 19.5 Å². The van der Waals surface area contributed by atoms with Crippen molar-refractivity contribution in [2.75, 3.05) is 13.6 Å². The maximum absolute atomic E-state index is 10.9. The molecular weight excluding hydrogens is 380 g/mol. The summed E-state index contributed by atoms with van der Waals surface area (Å²) in [5, 5.41) is 8.96. The number of rotatable bonds is 17. The van der Waals surface area contributed by atoms with Crippen LogP contribution >= 0.6 is 0 Å². The molecule has 0 aliphatic carbocycles. The standard InChI is InChI=1S/C25H48O5/c1-6-8-14-22(25(7-2)29-19-28-20-30-25)15-12-10-9-11-13-16-24(4,5)18-21(3)17-23(26)27/h21-22H,6-20H2,1-5H3,(H,26,27). The Kier molecular flexibility index (Phi) is 13.2. The Morgan fingerprint density at radius 2 is 1.60 bits per heavy atom. The first-order valence-electron chi connectivity index (χ1n) is 12.3. The van der Waals surface area contributed by atoms with E-state index in [1.807, 2.05) is 0 Å². The summed E-state index contributed by atoms with van der Waals surface area (Å²) < 4.78 is 17.2. The first-order valence-corrected chi connectivity index (χ1v) is 12.3. The van der Waals surface area contributed by atoms with Gasteiger partial charge < -0.3 is 19.3 Å². The molecule has 0 bridgehead atoms. The van der Waals surface area contributed by atoms with Crippen molar-refractivity contribution in [3.63, 3.8) is 0 Å². The van der Waals surface area contributed by atoms with E-state index >= 15 is 0 Å². The van der Waals surface area contributed by atoms with Gasteiger partial charge in [-0.05, 0) is 43.4 Å². The van der Waals surface area contributed by atoms with Crippen LogP contribution in [0.5, 0.6) is 0 Å². The van der Waals surface area contributed by atoms with Gasteiger partial charge in [-0.25, -0.2) is 0 Å². The third kappa shape index (κ3) is 10.6. The van der Waals surface area contributed by atoms with Crippen LogP contribution in [0, 0.1) is 17.3 Å². The summed E-state index contributed by atoms with van der Waals surface area (Å²) in [6.45, 7) is 11.7. The number of hydrogen-bond acceptors (Lipinski definition) is 4. The molecule has 1 aliphatic rings. The second-order valence-corrected chi connectivity index (χ2v) is 10.1. The summed E-state index contributed by atoms with van der Waals surface area (Å²) in [6, 6.07) is 0. The molecule has 1 saturated heterocycles. The van der Waals surface area contributed by atoms with Crippen LogP contribution in [0.25, 0.3) is 0 Å². The van der Waals surface area contributed by atoms with Gasteiger partial charge in [-0.1, -0.05) is 79.6 Å². The van der Waals surface area contributed by atoms with Crippen LogP contribution in [0.15, 0.2) is 0 Å². The van der Waals surface area contributed by atoms with Gasteiger partial charge in [-0.2, -0.15) is 0 Å². The molecule has 0 radical (unpaired) electrons. The van der Waals surface area contributed by atoms with Gasteiger partial charge >= 0.3 is 5.97 Å². The van der Waals surface area contributed by atoms with Crippen molar-refractivity contribution in [1.29, 1.82) is 0 Å². The van der Waals surface area contributed by atoms with Gasteiger partial charge in [0.1, 0.15) is 0 Å². The third-order valence-electron chi connectivity index (χ3n) is 6.62. The van der Waals surface area contributed by atoms with Gasteiger partial charge in [0, 0.05) is 12.3 Å². The fourth-order valence-corrected chi connectivity index (χ4v) is 5.06. The molecule has 0 aromatic carbocycles. The Labute approximate surface area is 185 Å². The van der Waals surface area contributed by atoms with Crippen LogP contribution in [0.1, 0.15) is 118 Å². The molecule has 0 saturated carbocycles. The third-order valence-corrected chi connectivity index (χ3v) is 6.62. The van der Waals surface area contributed by atoms with Crippen molar-refractivity contribution in [2.24, 2.45) is 17.3 Å². The van der Waals surface area contributed by atoms with E-state index in [2.05, 4.69) is 34.6 Å². The molecule has 1 rings (SSSR count). The zero-order chi connectivity index (χ0) is 22.5. The number of carbonyl (C=O) groups is 1. The average Bonchev–Trinajstić information content (AvgIpc) is 2.68. The van der Waals surface area contributed by atoms with Crippen LogP contribution in [0.4, 0.5) is 0 Å². The van der Waals surface area contributed by atoms with Crippen LogP contribution in [-0.2, 0) is 19.0 Å². The van der Waals surface area contributed by atoms with E-state index in [4.69, 9.17) is 19.3 Å². The van der Waals surface area contributed by atoms with Crippen LogP contribution in [0.3, 0.4) is 0 Å². The largest absolute Gasteiger partial charge is 0.481 e. The Morgan fingerprint density at radius 3 is 2.20 bits per heavy atom. The van der Waals surface area contributed by atoms with Gasteiger partial charge in [0.15, 0.2) is 19.4 Å². The minimum Gasteiger partial charge on any atom is -0.481 e. The van der Waals surface area contributed by atoms with Crippen molar-refractivity contribution >= 4 is 5.97 Å². The van der Waals surface area contributed by atoms with Gasteiger partial charge in [0.2, 0.25) is 0 Å². The van der Waals surface area contributed by atoms with E-state index in [1.165, 1.54) is 51.4 Å². The Balaban J connectivity index is 2.28. The molecule has 0 amide bonds. The maximum atomic E-state index is 10.9. The zero-order valence-electron chi connectivity index (χ0n) is 20.3. The summed E-state index contributed by atoms with van der Waals surface area (Å²) in [5.41, 5.74) is 0.228. The van der Waals surface area contributed by atoms with Crippen LogP contribution < -0.4 is 0 Å². The fourth-order valence-electron chi connectivity index (χ4n) is 5.06. The van der Waals surface area contributed by atoms with Gasteiger partial charge in [0.25, 0.3) is 0 Å². The van der Waals surface area contributed by atoms with E-state index in [-0.39, 0.29) is 17.8 Å². The highest BCUT2D eigenvalue weighted by atomic mass is 16.9. The smallest absolute Gasteiger partial charge is 0.303 e. The second kappa shape index (κ2) is 14.4. The minimum atomic E-state index is -0.683. The highest BCUT2D eigenvalue weighted by Crippen LogP contribution is 2.37. The van der Waals surface area contributed by atoms with Gasteiger partial charge in [0.05, 0.1) is 0 Å². The molecule has 1 aliphatic heterocycles. The Morgan fingerprint density at radius 1 is 1.00 bits per heavy atom. The average molecular weight is 429 g/mol. The second-order valence-electron chi connectivity index (χ2n) is 10.1. The molecule has 5 nitrogen and oxygen atoms in total. The normalized spacial score (nSPS) is 18.8. The highest BCUT2D eigenvalue weighted by molar-refractivity contribution is 5.66. The van der Waals surface area contributed by atoms with Crippen molar-refractivity contribution in [3.05, 3.63) is 0 Å². The minimum absolute atomic E-state index is 0.228. The molecular formula is C25H48O5. The molecule has 1 N–H and O–H groups in total. The number of unbranched alkanes of at least 4 members (excludes halogenated alkanes) is 5. The van der Waals surface area contributed by atoms with Crippen molar-refractivity contribution in [2.45, 2.75) is 124 Å². The van der Waals surface area contributed by atoms with Crippen LogP contribution in [0.2, 0.25) is 0 Å². The lowest BCUT2D eigenvalue weighted by Gasteiger charge is -2.42. The predicted octanol–water partition coefficient (Wildman–Crippen LogP) is 7.14. The van der Waals surface area contributed by atoms with Crippen molar-refractivity contribution in [3.8, 4) is 0 Å². The monoisotopic (exact) mass is 428 g/mol. The molecule has 1 heterocycles. The molecule has 2 atom stereocenters. The number of carboxylic acids is 1. The molecule has 0 aromatic rings. The van der Waals surface area contributed by atoms with Crippen molar-refractivity contribution in [1.82, 2.24) is 0 Å². The quantitative estimate of drug-likeness (QED) is 0.249. The van der Waals surface area contributed by atoms with E-state index in [1.54, 1.807) is 0 Å². The van der Waals surface area contributed by atoms with Gasteiger partial charge in [-0.3, -0.25) is 4.79 Å². The summed E-state index contributed by atoms with van der Waals surface area (Å²) in [4.78, 5) is 10.9. The lowest BCUT2D eigenvalue weighted by Crippen LogP contribution is -2.47. The summed E-state index contributed by atoms with van der Waals surface area (Å²) in [5.74, 6) is -0.444. The number of carboxylic acid groups (broad SMARTS) is 1. The molecule has 0 spiro atoms. The Hall–Kier alpha value is -0.650. The number of hydrogen-bond donors (Lipinski definition) is 1. The first kappa shape index (κ1) is 27.4.